The highest BCUT2D eigenvalue weighted by Crippen LogP contribution is 2.38. The van der Waals surface area contributed by atoms with Gasteiger partial charge in [-0.1, -0.05) is 20.4 Å². The molecule has 4 aromatic heterocycles. The zero-order chi connectivity index (χ0) is 23.1. The number of hydrogen-bond donors (Lipinski definition) is 2. The van der Waals surface area contributed by atoms with Crippen molar-refractivity contribution in [3.05, 3.63) is 48.0 Å². The lowest BCUT2D eigenvalue weighted by molar-refractivity contribution is 0.183. The zero-order valence-electron chi connectivity index (χ0n) is 19.6. The molecule has 2 aliphatic rings. The second-order valence-electron chi connectivity index (χ2n) is 9.78. The van der Waals surface area contributed by atoms with Crippen LogP contribution in [-0.2, 0) is 13.0 Å². The van der Waals surface area contributed by atoms with Crippen LogP contribution in [0.2, 0.25) is 0 Å². The molecular formula is C27H35N7O. The number of aliphatic hydroxyl groups is 1. The lowest BCUT2D eigenvalue weighted by Crippen LogP contribution is -2.33. The number of anilines is 2. The van der Waals surface area contributed by atoms with Crippen LogP contribution in [0.15, 0.2) is 36.8 Å². The van der Waals surface area contributed by atoms with E-state index < -0.39 is 0 Å². The van der Waals surface area contributed by atoms with Crippen LogP contribution in [0.5, 0.6) is 0 Å². The van der Waals surface area contributed by atoms with Crippen LogP contribution in [0.1, 0.15) is 57.3 Å². The zero-order valence-corrected chi connectivity index (χ0v) is 19.6. The minimum absolute atomic E-state index is 0. The van der Waals surface area contributed by atoms with Crippen LogP contribution in [-0.4, -0.2) is 54.2 Å². The van der Waals surface area contributed by atoms with Gasteiger partial charge in [0, 0.05) is 61.0 Å². The molecule has 0 bridgehead atoms. The Hall–Kier alpha value is -3.10. The van der Waals surface area contributed by atoms with E-state index >= 15 is 0 Å². The largest absolute Gasteiger partial charge is 0.395 e. The van der Waals surface area contributed by atoms with E-state index in [2.05, 4.69) is 43.8 Å². The Morgan fingerprint density at radius 3 is 2.74 bits per heavy atom. The summed E-state index contributed by atoms with van der Waals surface area (Å²) >= 11 is 0. The third-order valence-corrected chi connectivity index (χ3v) is 7.48. The van der Waals surface area contributed by atoms with Crippen LogP contribution in [0, 0.1) is 5.92 Å². The van der Waals surface area contributed by atoms with E-state index in [9.17, 15) is 5.11 Å². The fourth-order valence-corrected chi connectivity index (χ4v) is 5.59. The van der Waals surface area contributed by atoms with Crippen molar-refractivity contribution in [1.29, 1.82) is 0 Å². The molecule has 6 rings (SSSR count). The third kappa shape index (κ3) is 4.48. The molecular weight excluding hydrogens is 438 g/mol. The predicted octanol–water partition coefficient (Wildman–Crippen LogP) is 4.86. The molecule has 1 saturated carbocycles. The van der Waals surface area contributed by atoms with Crippen molar-refractivity contribution in [2.24, 2.45) is 5.92 Å². The molecule has 1 fully saturated rings. The van der Waals surface area contributed by atoms with Gasteiger partial charge in [0.05, 0.1) is 18.3 Å². The summed E-state index contributed by atoms with van der Waals surface area (Å²) in [5.41, 5.74) is 4.44. The van der Waals surface area contributed by atoms with Gasteiger partial charge in [-0.05, 0) is 49.3 Å². The molecule has 0 radical (unpaired) electrons. The number of aliphatic hydroxyl groups excluding tert-OH is 1. The van der Waals surface area contributed by atoms with Gasteiger partial charge in [-0.2, -0.15) is 4.98 Å². The minimum Gasteiger partial charge on any atom is -0.395 e. The van der Waals surface area contributed by atoms with Crippen molar-refractivity contribution in [3.63, 3.8) is 0 Å². The average molecular weight is 474 g/mol. The molecule has 1 aliphatic heterocycles. The summed E-state index contributed by atoms with van der Waals surface area (Å²) in [6.07, 6.45) is 11.5. The van der Waals surface area contributed by atoms with Crippen molar-refractivity contribution >= 4 is 33.7 Å². The number of nitrogens with one attached hydrogen (secondary N) is 1. The van der Waals surface area contributed by atoms with Gasteiger partial charge in [-0.3, -0.25) is 9.88 Å². The number of aromatic nitrogens is 5. The minimum atomic E-state index is 0. The Bertz CT molecular complexity index is 1330. The van der Waals surface area contributed by atoms with Crippen molar-refractivity contribution < 1.29 is 5.11 Å². The highest BCUT2D eigenvalue weighted by Gasteiger charge is 2.25. The first kappa shape index (κ1) is 23.6. The van der Waals surface area contributed by atoms with Crippen molar-refractivity contribution in [2.45, 2.75) is 59.0 Å². The summed E-state index contributed by atoms with van der Waals surface area (Å²) in [7, 11) is 0. The maximum atomic E-state index is 9.22. The van der Waals surface area contributed by atoms with Gasteiger partial charge in [0.15, 0.2) is 0 Å². The van der Waals surface area contributed by atoms with Crippen LogP contribution < -0.4 is 5.32 Å². The van der Waals surface area contributed by atoms with Gasteiger partial charge < -0.3 is 15.0 Å². The van der Waals surface area contributed by atoms with Gasteiger partial charge in [0.25, 0.3) is 0 Å². The molecule has 0 saturated heterocycles. The number of nitrogens with zero attached hydrogens (tertiary/aromatic N) is 6. The van der Waals surface area contributed by atoms with Crippen molar-refractivity contribution in [2.75, 3.05) is 25.0 Å². The van der Waals surface area contributed by atoms with Crippen molar-refractivity contribution in [1.82, 2.24) is 29.4 Å². The normalized spacial score (nSPS) is 20.5. The van der Waals surface area contributed by atoms with Gasteiger partial charge >= 0.3 is 0 Å². The van der Waals surface area contributed by atoms with E-state index in [0.29, 0.717) is 18.5 Å². The van der Waals surface area contributed by atoms with E-state index in [-0.39, 0.29) is 14.0 Å². The summed E-state index contributed by atoms with van der Waals surface area (Å²) in [5, 5.41) is 14.8. The Balaban J connectivity index is 0.00000253. The van der Waals surface area contributed by atoms with Gasteiger partial charge in [0.2, 0.25) is 5.95 Å². The number of β-amino-alcohol motifs (C(OH)–C–C–N with tert-alkyl or cyclic N) is 1. The molecule has 0 aromatic carbocycles. The van der Waals surface area contributed by atoms with Gasteiger partial charge in [-0.25, -0.2) is 9.97 Å². The Kier molecular flexibility index (Phi) is 6.67. The molecule has 8 nitrogen and oxygen atoms in total. The second-order valence-corrected chi connectivity index (χ2v) is 9.78. The topological polar surface area (TPSA) is 92.0 Å². The molecule has 0 unspecified atom stereocenters. The van der Waals surface area contributed by atoms with Gasteiger partial charge in [-0.15, -0.1) is 0 Å². The quantitative estimate of drug-likeness (QED) is 0.428. The smallest absolute Gasteiger partial charge is 0.230 e. The summed E-state index contributed by atoms with van der Waals surface area (Å²) in [5.74, 6) is 2.13. The second kappa shape index (κ2) is 9.87. The van der Waals surface area contributed by atoms with Crippen LogP contribution in [0.3, 0.4) is 0 Å². The lowest BCUT2D eigenvalue weighted by atomic mass is 9.87. The van der Waals surface area contributed by atoms with Gasteiger partial charge in [0.1, 0.15) is 11.5 Å². The number of hydrogen-bond acceptors (Lipinski definition) is 7. The first-order valence-electron chi connectivity index (χ1n) is 12.4. The average Bonchev–Trinajstić information content (AvgIpc) is 3.18. The van der Waals surface area contributed by atoms with E-state index in [0.717, 1.165) is 58.9 Å². The van der Waals surface area contributed by atoms with Crippen LogP contribution in [0.4, 0.5) is 11.8 Å². The Labute approximate surface area is 206 Å². The first-order chi connectivity index (χ1) is 16.7. The molecule has 0 amide bonds. The van der Waals surface area contributed by atoms with Crippen LogP contribution >= 0.6 is 0 Å². The van der Waals surface area contributed by atoms with E-state index in [1.165, 1.54) is 31.2 Å². The fraction of sp³-hybridized carbons (Fsp3) is 0.481. The van der Waals surface area contributed by atoms with Crippen LogP contribution in [0.25, 0.3) is 21.9 Å². The molecule has 35 heavy (non-hydrogen) atoms. The Morgan fingerprint density at radius 1 is 1.06 bits per heavy atom. The molecule has 184 valence electrons. The Morgan fingerprint density at radius 2 is 1.91 bits per heavy atom. The first-order valence-corrected chi connectivity index (χ1v) is 12.4. The number of fused-ring (bicyclic) bond motifs is 4. The highest BCUT2D eigenvalue weighted by atomic mass is 16.3. The third-order valence-electron chi connectivity index (χ3n) is 7.48. The van der Waals surface area contributed by atoms with Crippen molar-refractivity contribution in [3.8, 4) is 0 Å². The fourth-order valence-electron chi connectivity index (χ4n) is 5.59. The monoisotopic (exact) mass is 473 g/mol. The maximum absolute atomic E-state index is 9.22. The SMILES string of the molecule is C.CC1CCC(n2c3cnccc3c3cnc(Nc4ccc5c(n4)CCN(CCO)C5)nc32)CC1. The van der Waals surface area contributed by atoms with E-state index in [1.54, 1.807) is 0 Å². The maximum Gasteiger partial charge on any atom is 0.230 e. The standard InChI is InChI=1S/C26H31N7O.CH4/c1-17-2-5-19(6-3-17)33-23-15-27-10-8-20(23)21-14-28-26(31-25(21)33)30-24-7-4-18-16-32(12-13-34)11-9-22(18)29-24;/h4,7-8,10,14-15,17,19,34H,2-3,5-6,9,11-13,16H2,1H3,(H,28,29,30,31);1H4. The molecule has 4 aromatic rings. The molecule has 5 heterocycles. The molecule has 8 heteroatoms. The predicted molar refractivity (Wildman–Crippen MR) is 140 cm³/mol. The van der Waals surface area contributed by atoms with E-state index in [4.69, 9.17) is 9.97 Å². The summed E-state index contributed by atoms with van der Waals surface area (Å²) in [4.78, 5) is 21.1. The number of pyridine rings is 2. The molecule has 2 N–H and O–H groups in total. The molecule has 0 atom stereocenters. The summed E-state index contributed by atoms with van der Waals surface area (Å²) in [6.45, 7) is 5.00. The molecule has 1 aliphatic carbocycles. The highest BCUT2D eigenvalue weighted by molar-refractivity contribution is 6.06. The summed E-state index contributed by atoms with van der Waals surface area (Å²) < 4.78 is 2.40. The lowest BCUT2D eigenvalue weighted by Gasteiger charge is -2.28. The molecule has 0 spiro atoms. The van der Waals surface area contributed by atoms with E-state index in [1.807, 2.05) is 24.7 Å². The number of rotatable bonds is 5. The summed E-state index contributed by atoms with van der Waals surface area (Å²) in [6, 6.07) is 6.63.